The molecule has 2 heterocycles. The summed E-state index contributed by atoms with van der Waals surface area (Å²) in [6.07, 6.45) is 6.83. The van der Waals surface area contributed by atoms with Crippen LogP contribution in [0.1, 0.15) is 72.6 Å². The third-order valence-corrected chi connectivity index (χ3v) is 4.91. The van der Waals surface area contributed by atoms with Gasteiger partial charge in [0.2, 0.25) is 0 Å². The van der Waals surface area contributed by atoms with Gasteiger partial charge in [0.1, 0.15) is 11.7 Å². The highest BCUT2D eigenvalue weighted by atomic mass is 16.6. The Morgan fingerprint density at radius 1 is 1.32 bits per heavy atom. The molecule has 0 aromatic carbocycles. The lowest BCUT2D eigenvalue weighted by molar-refractivity contribution is -0.278. The van der Waals surface area contributed by atoms with Crippen LogP contribution < -0.4 is 0 Å². The van der Waals surface area contributed by atoms with Crippen molar-refractivity contribution in [2.24, 2.45) is 5.92 Å². The lowest BCUT2D eigenvalue weighted by Gasteiger charge is -2.57. The highest BCUT2D eigenvalue weighted by Gasteiger charge is 2.55. The molecule has 3 fully saturated rings. The maximum Gasteiger partial charge on any atom is 0.306 e. The van der Waals surface area contributed by atoms with E-state index in [1.165, 1.54) is 6.42 Å². The molecule has 0 spiro atoms. The second-order valence-electron chi connectivity index (χ2n) is 6.93. The van der Waals surface area contributed by atoms with Crippen LogP contribution in [-0.2, 0) is 14.3 Å². The first-order chi connectivity index (χ1) is 8.87. The van der Waals surface area contributed by atoms with Crippen LogP contribution in [0, 0.1) is 5.92 Å². The van der Waals surface area contributed by atoms with E-state index in [0.717, 1.165) is 32.1 Å². The third-order valence-electron chi connectivity index (χ3n) is 4.91. The van der Waals surface area contributed by atoms with Gasteiger partial charge >= 0.3 is 5.97 Å². The monoisotopic (exact) mass is 268 g/mol. The van der Waals surface area contributed by atoms with E-state index in [0.29, 0.717) is 12.3 Å². The summed E-state index contributed by atoms with van der Waals surface area (Å²) in [4.78, 5) is 11.9. The first kappa shape index (κ1) is 14.8. The molecule has 110 valence electrons. The molecule has 3 atom stereocenters. The molecule has 1 aliphatic carbocycles. The van der Waals surface area contributed by atoms with Gasteiger partial charge in [0.15, 0.2) is 0 Å². The van der Waals surface area contributed by atoms with Gasteiger partial charge in [-0.05, 0) is 52.4 Å². The summed E-state index contributed by atoms with van der Waals surface area (Å²) in [6.45, 7) is 8.57. The van der Waals surface area contributed by atoms with Gasteiger partial charge in [-0.25, -0.2) is 0 Å². The number of esters is 1. The number of unbranched alkanes of at least 4 members (excludes halogenated alkanes) is 2. The summed E-state index contributed by atoms with van der Waals surface area (Å²) < 4.78 is 11.9. The van der Waals surface area contributed by atoms with Crippen LogP contribution in [0.4, 0.5) is 0 Å². The molecule has 1 saturated carbocycles. The van der Waals surface area contributed by atoms with Gasteiger partial charge in [-0.3, -0.25) is 4.79 Å². The summed E-state index contributed by atoms with van der Waals surface area (Å²) in [6, 6.07) is 0. The summed E-state index contributed by atoms with van der Waals surface area (Å²) in [5.41, 5.74) is -0.350. The van der Waals surface area contributed by atoms with E-state index < -0.39 is 0 Å². The number of hydrogen-bond donors (Lipinski definition) is 0. The Balaban J connectivity index is 1.90. The number of rotatable bonds is 5. The van der Waals surface area contributed by atoms with Crippen molar-refractivity contribution in [2.45, 2.75) is 89.9 Å². The zero-order valence-electron chi connectivity index (χ0n) is 12.8. The van der Waals surface area contributed by atoms with Crippen LogP contribution in [0.15, 0.2) is 0 Å². The lowest BCUT2D eigenvalue weighted by atomic mass is 9.67. The minimum Gasteiger partial charge on any atom is -0.459 e. The van der Waals surface area contributed by atoms with Crippen molar-refractivity contribution in [1.29, 1.82) is 0 Å². The van der Waals surface area contributed by atoms with Crippen molar-refractivity contribution in [1.82, 2.24) is 0 Å². The topological polar surface area (TPSA) is 35.5 Å². The SMILES string of the molecule is CCCCCC(=O)O[C@@H]1CC2CC[C@@]1(C)OC2(C)C. The van der Waals surface area contributed by atoms with Gasteiger partial charge in [0.05, 0.1) is 5.60 Å². The van der Waals surface area contributed by atoms with Gasteiger partial charge < -0.3 is 9.47 Å². The van der Waals surface area contributed by atoms with Gasteiger partial charge in [-0.15, -0.1) is 0 Å². The van der Waals surface area contributed by atoms with Crippen LogP contribution in [0.5, 0.6) is 0 Å². The van der Waals surface area contributed by atoms with Crippen LogP contribution in [0.2, 0.25) is 0 Å². The fraction of sp³-hybridized carbons (Fsp3) is 0.938. The lowest BCUT2D eigenvalue weighted by Crippen LogP contribution is -2.62. The summed E-state index contributed by atoms with van der Waals surface area (Å²) in [5.74, 6) is 0.469. The maximum atomic E-state index is 11.9. The quantitative estimate of drug-likeness (QED) is 0.561. The first-order valence-corrected chi connectivity index (χ1v) is 7.77. The average molecular weight is 268 g/mol. The Morgan fingerprint density at radius 3 is 2.63 bits per heavy atom. The molecule has 3 nitrogen and oxygen atoms in total. The molecule has 3 heteroatoms. The van der Waals surface area contributed by atoms with Gasteiger partial charge in [0, 0.05) is 6.42 Å². The predicted octanol–water partition coefficient (Wildman–Crippen LogP) is 3.85. The Labute approximate surface area is 117 Å². The van der Waals surface area contributed by atoms with Crippen LogP contribution in [-0.4, -0.2) is 23.3 Å². The van der Waals surface area contributed by atoms with Crippen LogP contribution >= 0.6 is 0 Å². The zero-order valence-corrected chi connectivity index (χ0v) is 12.8. The Kier molecular flexibility index (Phi) is 4.24. The highest BCUT2D eigenvalue weighted by molar-refractivity contribution is 5.69. The normalized spacial score (nSPS) is 36.2. The fourth-order valence-electron chi connectivity index (χ4n) is 3.59. The Morgan fingerprint density at radius 2 is 2.05 bits per heavy atom. The molecule has 2 bridgehead atoms. The van der Waals surface area contributed by atoms with Crippen molar-refractivity contribution < 1.29 is 14.3 Å². The molecule has 0 aromatic rings. The van der Waals surface area contributed by atoms with Crippen molar-refractivity contribution in [3.63, 3.8) is 0 Å². The number of carbonyl (C=O) groups excluding carboxylic acids is 1. The van der Waals surface area contributed by atoms with Gasteiger partial charge in [-0.1, -0.05) is 19.8 Å². The first-order valence-electron chi connectivity index (χ1n) is 7.77. The van der Waals surface area contributed by atoms with Crippen LogP contribution in [0.25, 0.3) is 0 Å². The molecule has 0 aromatic heterocycles. The van der Waals surface area contributed by atoms with Gasteiger partial charge in [0.25, 0.3) is 0 Å². The molecule has 0 radical (unpaired) electrons. The fourth-order valence-corrected chi connectivity index (χ4v) is 3.59. The molecular weight excluding hydrogens is 240 g/mol. The maximum absolute atomic E-state index is 11.9. The van der Waals surface area contributed by atoms with E-state index in [-0.39, 0.29) is 23.3 Å². The van der Waals surface area contributed by atoms with E-state index in [4.69, 9.17) is 9.47 Å². The van der Waals surface area contributed by atoms with Crippen molar-refractivity contribution in [2.75, 3.05) is 0 Å². The van der Waals surface area contributed by atoms with Crippen LogP contribution in [0.3, 0.4) is 0 Å². The Bertz CT molecular complexity index is 337. The summed E-state index contributed by atoms with van der Waals surface area (Å²) in [5, 5.41) is 0. The molecule has 1 unspecified atom stereocenters. The molecule has 2 saturated heterocycles. The highest BCUT2D eigenvalue weighted by Crippen LogP contribution is 2.50. The molecule has 0 amide bonds. The van der Waals surface area contributed by atoms with Crippen molar-refractivity contribution in [3.05, 3.63) is 0 Å². The molecule has 2 aliphatic heterocycles. The minimum atomic E-state index is -0.279. The van der Waals surface area contributed by atoms with E-state index in [9.17, 15) is 4.79 Å². The molecule has 0 N–H and O–H groups in total. The zero-order chi connectivity index (χ0) is 14.1. The summed E-state index contributed by atoms with van der Waals surface area (Å²) in [7, 11) is 0. The average Bonchev–Trinajstić information content (AvgIpc) is 2.30. The third kappa shape index (κ3) is 3.13. The summed E-state index contributed by atoms with van der Waals surface area (Å²) >= 11 is 0. The number of fused-ring (bicyclic) bond motifs is 3. The smallest absolute Gasteiger partial charge is 0.306 e. The minimum absolute atomic E-state index is 0.0476. The van der Waals surface area contributed by atoms with E-state index >= 15 is 0 Å². The van der Waals surface area contributed by atoms with E-state index in [1.807, 2.05) is 0 Å². The van der Waals surface area contributed by atoms with E-state index in [2.05, 4.69) is 27.7 Å². The second-order valence-corrected chi connectivity index (χ2v) is 6.93. The van der Waals surface area contributed by atoms with Crippen molar-refractivity contribution >= 4 is 5.97 Å². The predicted molar refractivity (Wildman–Crippen MR) is 74.9 cm³/mol. The van der Waals surface area contributed by atoms with Crippen molar-refractivity contribution in [3.8, 4) is 0 Å². The molecule has 3 rings (SSSR count). The Hall–Kier alpha value is -0.570. The number of ether oxygens (including phenoxy) is 2. The van der Waals surface area contributed by atoms with E-state index in [1.54, 1.807) is 0 Å². The standard InChI is InChI=1S/C16H28O3/c1-5-6-7-8-14(17)18-13-11-12-9-10-16(13,4)19-15(12,2)3/h12-13H,5-11H2,1-4H3/t12?,13-,16-/m1/s1. The number of carbonyl (C=O) groups is 1. The largest absolute Gasteiger partial charge is 0.459 e. The molecular formula is C16H28O3. The molecule has 3 aliphatic rings. The molecule has 19 heavy (non-hydrogen) atoms. The number of hydrogen-bond acceptors (Lipinski definition) is 3. The van der Waals surface area contributed by atoms with Gasteiger partial charge in [-0.2, -0.15) is 0 Å². The second kappa shape index (κ2) is 5.43.